The summed E-state index contributed by atoms with van der Waals surface area (Å²) in [6, 6.07) is 9.78. The van der Waals surface area contributed by atoms with E-state index >= 15 is 0 Å². The van der Waals surface area contributed by atoms with Crippen molar-refractivity contribution in [2.24, 2.45) is 5.11 Å². The van der Waals surface area contributed by atoms with E-state index in [0.717, 1.165) is 24.8 Å². The van der Waals surface area contributed by atoms with Crippen molar-refractivity contribution in [1.29, 1.82) is 5.53 Å². The number of benzene rings is 1. The fourth-order valence-electron chi connectivity index (χ4n) is 2.25. The van der Waals surface area contributed by atoms with E-state index in [1.807, 2.05) is 37.3 Å². The van der Waals surface area contributed by atoms with Crippen LogP contribution in [0.25, 0.3) is 0 Å². The summed E-state index contributed by atoms with van der Waals surface area (Å²) in [5.41, 5.74) is 7.90. The van der Waals surface area contributed by atoms with Crippen molar-refractivity contribution in [2.75, 3.05) is 6.61 Å². The Morgan fingerprint density at radius 2 is 1.95 bits per heavy atom. The zero-order valence-electron chi connectivity index (χ0n) is 13.1. The molecule has 0 amide bonds. The molecular formula is C17H26N2O2. The van der Waals surface area contributed by atoms with Gasteiger partial charge in [-0.2, -0.15) is 5.11 Å². The summed E-state index contributed by atoms with van der Waals surface area (Å²) in [6.45, 7) is 4.57. The van der Waals surface area contributed by atoms with Gasteiger partial charge < -0.3 is 4.74 Å². The van der Waals surface area contributed by atoms with Gasteiger partial charge in [-0.05, 0) is 31.7 Å². The summed E-state index contributed by atoms with van der Waals surface area (Å²) in [4.78, 5) is 11.6. The third-order valence-electron chi connectivity index (χ3n) is 3.70. The minimum absolute atomic E-state index is 0.147. The number of nitrogens with zero attached hydrogens (tertiary/aromatic N) is 1. The number of hydrogen-bond acceptors (Lipinski definition) is 4. The number of esters is 1. The van der Waals surface area contributed by atoms with Gasteiger partial charge in [0.25, 0.3) is 0 Å². The van der Waals surface area contributed by atoms with Crippen LogP contribution in [0.1, 0.15) is 57.9 Å². The van der Waals surface area contributed by atoms with E-state index in [0.29, 0.717) is 25.9 Å². The van der Waals surface area contributed by atoms with Crippen LogP contribution in [0.3, 0.4) is 0 Å². The third-order valence-corrected chi connectivity index (χ3v) is 3.70. The summed E-state index contributed by atoms with van der Waals surface area (Å²) in [5, 5.41) is 3.77. The topological polar surface area (TPSA) is 62.5 Å². The number of ether oxygens (including phenoxy) is 1. The molecule has 0 radical (unpaired) electrons. The fourth-order valence-corrected chi connectivity index (χ4v) is 2.25. The normalized spacial score (nSPS) is 13.4. The van der Waals surface area contributed by atoms with Crippen LogP contribution >= 0.6 is 0 Å². The molecule has 1 unspecified atom stereocenters. The number of unbranched alkanes of at least 4 members (excludes halogenated alkanes) is 2. The van der Waals surface area contributed by atoms with Gasteiger partial charge in [-0.3, -0.25) is 4.79 Å². The maximum absolute atomic E-state index is 11.6. The van der Waals surface area contributed by atoms with E-state index in [1.54, 1.807) is 0 Å². The monoisotopic (exact) mass is 290 g/mol. The molecule has 0 aliphatic carbocycles. The number of rotatable bonds is 10. The largest absolute Gasteiger partial charge is 0.466 e. The molecule has 1 aromatic rings. The molecule has 0 saturated heterocycles. The number of hydrogen-bond donors (Lipinski definition) is 1. The second kappa shape index (κ2) is 9.27. The first-order chi connectivity index (χ1) is 10.1. The Kier molecular flexibility index (Phi) is 7.65. The standard InChI is InChI=1S/C17H26N2O2/c1-3-4-8-14-21-16(20)12-9-13-17(2,19-18)15-10-6-5-7-11-15/h5-7,10-11,18H,3-4,8-9,12-14H2,1-2H3. The van der Waals surface area contributed by atoms with Gasteiger partial charge in [0.15, 0.2) is 0 Å². The van der Waals surface area contributed by atoms with E-state index in [4.69, 9.17) is 10.3 Å². The molecule has 0 bridgehead atoms. The number of carbonyl (C=O) groups is 1. The molecule has 0 spiro atoms. The van der Waals surface area contributed by atoms with Crippen molar-refractivity contribution in [3.05, 3.63) is 35.9 Å². The SMILES string of the molecule is CCCCCOC(=O)CCCC(C)(N=N)c1ccccc1. The zero-order valence-corrected chi connectivity index (χ0v) is 13.1. The smallest absolute Gasteiger partial charge is 0.305 e. The predicted octanol–water partition coefficient (Wildman–Crippen LogP) is 4.84. The predicted molar refractivity (Wildman–Crippen MR) is 83.3 cm³/mol. The van der Waals surface area contributed by atoms with Crippen molar-refractivity contribution in [3.8, 4) is 0 Å². The quantitative estimate of drug-likeness (QED) is 0.381. The van der Waals surface area contributed by atoms with Gasteiger partial charge in [0.05, 0.1) is 6.61 Å². The summed E-state index contributed by atoms with van der Waals surface area (Å²) in [7, 11) is 0. The maximum Gasteiger partial charge on any atom is 0.305 e. The molecular weight excluding hydrogens is 264 g/mol. The molecule has 4 heteroatoms. The lowest BCUT2D eigenvalue weighted by Crippen LogP contribution is -2.19. The highest BCUT2D eigenvalue weighted by atomic mass is 16.5. The highest BCUT2D eigenvalue weighted by Crippen LogP contribution is 2.30. The molecule has 1 aromatic carbocycles. The lowest BCUT2D eigenvalue weighted by atomic mass is 9.88. The highest BCUT2D eigenvalue weighted by Gasteiger charge is 2.25. The average Bonchev–Trinajstić information content (AvgIpc) is 2.52. The van der Waals surface area contributed by atoms with Crippen LogP contribution in [0.5, 0.6) is 0 Å². The second-order valence-electron chi connectivity index (χ2n) is 5.53. The van der Waals surface area contributed by atoms with Crippen LogP contribution in [0, 0.1) is 5.53 Å². The Morgan fingerprint density at radius 1 is 1.24 bits per heavy atom. The minimum Gasteiger partial charge on any atom is -0.466 e. The van der Waals surface area contributed by atoms with E-state index in [2.05, 4.69) is 12.0 Å². The van der Waals surface area contributed by atoms with E-state index in [9.17, 15) is 4.79 Å². The molecule has 0 aliphatic rings. The van der Waals surface area contributed by atoms with Crippen LogP contribution in [0.2, 0.25) is 0 Å². The summed E-state index contributed by atoms with van der Waals surface area (Å²) in [5.74, 6) is -0.147. The third kappa shape index (κ3) is 6.06. The number of carbonyl (C=O) groups excluding carboxylic acids is 1. The Labute approximate surface area is 127 Å². The molecule has 116 valence electrons. The molecule has 0 aromatic heterocycles. The Bertz CT molecular complexity index is 434. The molecule has 1 rings (SSSR count). The lowest BCUT2D eigenvalue weighted by molar-refractivity contribution is -0.143. The molecule has 0 saturated carbocycles. The first kappa shape index (κ1) is 17.3. The van der Waals surface area contributed by atoms with Crippen LogP contribution in [0.4, 0.5) is 0 Å². The molecule has 21 heavy (non-hydrogen) atoms. The van der Waals surface area contributed by atoms with Gasteiger partial charge in [0.2, 0.25) is 0 Å². The minimum atomic E-state index is -0.552. The van der Waals surface area contributed by atoms with Crippen LogP contribution in [-0.4, -0.2) is 12.6 Å². The van der Waals surface area contributed by atoms with E-state index in [-0.39, 0.29) is 5.97 Å². The van der Waals surface area contributed by atoms with Crippen molar-refractivity contribution < 1.29 is 9.53 Å². The maximum atomic E-state index is 11.6. The lowest BCUT2D eigenvalue weighted by Gasteiger charge is -2.23. The van der Waals surface area contributed by atoms with Gasteiger partial charge >= 0.3 is 5.97 Å². The average molecular weight is 290 g/mol. The Morgan fingerprint density at radius 3 is 2.57 bits per heavy atom. The zero-order chi connectivity index (χ0) is 15.6. The van der Waals surface area contributed by atoms with Crippen molar-refractivity contribution in [2.45, 2.75) is 57.9 Å². The van der Waals surface area contributed by atoms with E-state index < -0.39 is 5.54 Å². The van der Waals surface area contributed by atoms with Crippen LogP contribution in [-0.2, 0) is 15.1 Å². The van der Waals surface area contributed by atoms with Gasteiger partial charge in [0.1, 0.15) is 5.54 Å². The summed E-state index contributed by atoms with van der Waals surface area (Å²) < 4.78 is 5.18. The summed E-state index contributed by atoms with van der Waals surface area (Å²) in [6.07, 6.45) is 4.90. The first-order valence-electron chi connectivity index (χ1n) is 7.72. The number of nitrogens with one attached hydrogen (secondary N) is 1. The molecule has 0 heterocycles. The second-order valence-corrected chi connectivity index (χ2v) is 5.53. The van der Waals surface area contributed by atoms with Crippen molar-refractivity contribution in [3.63, 3.8) is 0 Å². The van der Waals surface area contributed by atoms with Gasteiger partial charge in [-0.15, -0.1) is 0 Å². The van der Waals surface area contributed by atoms with Crippen molar-refractivity contribution in [1.82, 2.24) is 0 Å². The van der Waals surface area contributed by atoms with E-state index in [1.165, 1.54) is 0 Å². The molecule has 0 fully saturated rings. The van der Waals surface area contributed by atoms with Gasteiger partial charge in [-0.25, -0.2) is 5.53 Å². The Hall–Kier alpha value is -1.71. The van der Waals surface area contributed by atoms with Gasteiger partial charge in [0, 0.05) is 6.42 Å². The van der Waals surface area contributed by atoms with Crippen LogP contribution < -0.4 is 0 Å². The molecule has 4 nitrogen and oxygen atoms in total. The fraction of sp³-hybridized carbons (Fsp3) is 0.588. The highest BCUT2D eigenvalue weighted by molar-refractivity contribution is 5.69. The first-order valence-corrected chi connectivity index (χ1v) is 7.72. The Balaban J connectivity index is 2.35. The van der Waals surface area contributed by atoms with Crippen LogP contribution in [0.15, 0.2) is 35.4 Å². The molecule has 1 atom stereocenters. The van der Waals surface area contributed by atoms with Crippen molar-refractivity contribution >= 4 is 5.97 Å². The summed E-state index contributed by atoms with van der Waals surface area (Å²) >= 11 is 0. The molecule has 1 N–H and O–H groups in total. The molecule has 0 aliphatic heterocycles. The van der Waals surface area contributed by atoms with Gasteiger partial charge in [-0.1, -0.05) is 50.1 Å².